The van der Waals surface area contributed by atoms with Gasteiger partial charge in [0.1, 0.15) is 5.03 Å². The Morgan fingerprint density at radius 2 is 1.84 bits per heavy atom. The topological polar surface area (TPSA) is 72.0 Å². The number of aliphatic hydroxyl groups excluding tert-OH is 1. The lowest BCUT2D eigenvalue weighted by atomic mass is 10.0. The number of aromatic nitrogens is 2. The number of benzene rings is 1. The third-order valence-electron chi connectivity index (χ3n) is 3.63. The first-order valence-corrected chi connectivity index (χ1v) is 8.58. The fourth-order valence-corrected chi connectivity index (χ4v) is 3.79. The summed E-state index contributed by atoms with van der Waals surface area (Å²) in [5.74, 6) is 0. The first kappa shape index (κ1) is 19.7. The number of nitrogens with two attached hydrogens (primary N) is 1. The summed E-state index contributed by atoms with van der Waals surface area (Å²) in [5.41, 5.74) is 9.79. The quantitative estimate of drug-likeness (QED) is 0.674. The standard InChI is InChI=1S/C18H16ClN3OS.ClH/c19-16-4-3-14(12-5-8-21-9-6-12)15(10-20)17(16)24-18-13(11-23)2-1-7-22-18;/h1-9,23H,10-11,20H2;1H. The molecule has 7 heteroatoms. The first-order chi connectivity index (χ1) is 11.7. The van der Waals surface area contributed by atoms with E-state index < -0.39 is 0 Å². The van der Waals surface area contributed by atoms with E-state index in [0.717, 1.165) is 32.2 Å². The maximum atomic E-state index is 9.51. The SMILES string of the molecule is Cl.NCc1c(-c2ccncc2)ccc(Cl)c1Sc1ncccc1CO. The summed E-state index contributed by atoms with van der Waals surface area (Å²) >= 11 is 7.86. The number of rotatable bonds is 5. The second-order valence-corrected chi connectivity index (χ2v) is 6.48. The van der Waals surface area contributed by atoms with Crippen molar-refractivity contribution >= 4 is 35.8 Å². The summed E-state index contributed by atoms with van der Waals surface area (Å²) in [6.45, 7) is 0.275. The lowest BCUT2D eigenvalue weighted by Gasteiger charge is -2.15. The van der Waals surface area contributed by atoms with Gasteiger partial charge in [-0.25, -0.2) is 4.98 Å². The first-order valence-electron chi connectivity index (χ1n) is 7.39. The smallest absolute Gasteiger partial charge is 0.106 e. The fraction of sp³-hybridized carbons (Fsp3) is 0.111. The molecular formula is C18H17Cl2N3OS. The minimum Gasteiger partial charge on any atom is -0.392 e. The molecule has 130 valence electrons. The largest absolute Gasteiger partial charge is 0.392 e. The molecule has 3 rings (SSSR count). The van der Waals surface area contributed by atoms with Crippen LogP contribution in [0.15, 0.2) is 64.9 Å². The van der Waals surface area contributed by atoms with E-state index in [-0.39, 0.29) is 19.0 Å². The zero-order chi connectivity index (χ0) is 16.9. The van der Waals surface area contributed by atoms with E-state index in [1.165, 1.54) is 11.8 Å². The molecule has 2 heterocycles. The molecule has 0 amide bonds. The van der Waals surface area contributed by atoms with Crippen molar-refractivity contribution in [1.82, 2.24) is 9.97 Å². The number of nitrogens with zero attached hydrogens (tertiary/aromatic N) is 2. The Morgan fingerprint density at radius 3 is 2.52 bits per heavy atom. The Labute approximate surface area is 161 Å². The van der Waals surface area contributed by atoms with Crippen LogP contribution >= 0.6 is 35.8 Å². The Morgan fingerprint density at radius 1 is 1.08 bits per heavy atom. The predicted molar refractivity (Wildman–Crippen MR) is 104 cm³/mol. The highest BCUT2D eigenvalue weighted by Crippen LogP contribution is 2.40. The van der Waals surface area contributed by atoms with Crippen LogP contribution in [-0.2, 0) is 13.2 Å². The van der Waals surface area contributed by atoms with Crippen molar-refractivity contribution in [1.29, 1.82) is 0 Å². The molecule has 1 aromatic carbocycles. The van der Waals surface area contributed by atoms with Crippen molar-refractivity contribution < 1.29 is 5.11 Å². The summed E-state index contributed by atoms with van der Waals surface area (Å²) in [5, 5.41) is 10.9. The highest BCUT2D eigenvalue weighted by molar-refractivity contribution is 7.99. The highest BCUT2D eigenvalue weighted by atomic mass is 35.5. The summed E-state index contributed by atoms with van der Waals surface area (Å²) in [6, 6.07) is 11.4. The van der Waals surface area contributed by atoms with E-state index in [0.29, 0.717) is 11.6 Å². The van der Waals surface area contributed by atoms with Crippen molar-refractivity contribution in [3.8, 4) is 11.1 Å². The van der Waals surface area contributed by atoms with Gasteiger partial charge in [0.15, 0.2) is 0 Å². The average molecular weight is 394 g/mol. The van der Waals surface area contributed by atoms with Crippen LogP contribution in [-0.4, -0.2) is 15.1 Å². The van der Waals surface area contributed by atoms with Crippen LogP contribution in [0.5, 0.6) is 0 Å². The molecule has 0 aliphatic heterocycles. The van der Waals surface area contributed by atoms with Gasteiger partial charge in [0.05, 0.1) is 11.6 Å². The van der Waals surface area contributed by atoms with Crippen molar-refractivity contribution in [2.45, 2.75) is 23.1 Å². The van der Waals surface area contributed by atoms with Gasteiger partial charge in [0.2, 0.25) is 0 Å². The summed E-state index contributed by atoms with van der Waals surface area (Å²) in [4.78, 5) is 9.28. The van der Waals surface area contributed by atoms with Crippen molar-refractivity contribution in [2.24, 2.45) is 5.73 Å². The maximum absolute atomic E-state index is 9.51. The third kappa shape index (κ3) is 4.32. The molecule has 0 saturated heterocycles. The molecule has 0 unspecified atom stereocenters. The van der Waals surface area contributed by atoms with Gasteiger partial charge in [0, 0.05) is 35.6 Å². The minimum absolute atomic E-state index is 0. The monoisotopic (exact) mass is 393 g/mol. The number of hydrogen-bond donors (Lipinski definition) is 2. The van der Waals surface area contributed by atoms with E-state index in [2.05, 4.69) is 9.97 Å². The molecule has 0 aliphatic rings. The van der Waals surface area contributed by atoms with Crippen molar-refractivity contribution in [3.05, 3.63) is 71.1 Å². The molecule has 0 atom stereocenters. The van der Waals surface area contributed by atoms with Crippen LogP contribution in [0.3, 0.4) is 0 Å². The van der Waals surface area contributed by atoms with E-state index in [1.807, 2.05) is 30.3 Å². The van der Waals surface area contributed by atoms with Gasteiger partial charge >= 0.3 is 0 Å². The molecule has 2 aromatic heterocycles. The molecule has 3 N–H and O–H groups in total. The molecule has 0 radical (unpaired) electrons. The maximum Gasteiger partial charge on any atom is 0.106 e. The third-order valence-corrected chi connectivity index (χ3v) is 5.29. The summed E-state index contributed by atoms with van der Waals surface area (Å²) in [7, 11) is 0. The molecule has 3 aromatic rings. The molecule has 0 fully saturated rings. The highest BCUT2D eigenvalue weighted by Gasteiger charge is 2.16. The van der Waals surface area contributed by atoms with E-state index >= 15 is 0 Å². The van der Waals surface area contributed by atoms with Gasteiger partial charge in [-0.1, -0.05) is 35.5 Å². The van der Waals surface area contributed by atoms with Crippen molar-refractivity contribution in [3.63, 3.8) is 0 Å². The molecule has 0 bridgehead atoms. The summed E-state index contributed by atoms with van der Waals surface area (Å²) < 4.78 is 0. The van der Waals surface area contributed by atoms with E-state index in [4.69, 9.17) is 17.3 Å². The van der Waals surface area contributed by atoms with Gasteiger partial charge in [-0.3, -0.25) is 4.98 Å². The number of aliphatic hydroxyl groups is 1. The van der Waals surface area contributed by atoms with Crippen LogP contribution in [0.2, 0.25) is 5.02 Å². The van der Waals surface area contributed by atoms with Gasteiger partial charge in [-0.15, -0.1) is 12.4 Å². The van der Waals surface area contributed by atoms with E-state index in [9.17, 15) is 5.11 Å². The zero-order valence-corrected chi connectivity index (χ0v) is 15.6. The van der Waals surface area contributed by atoms with E-state index in [1.54, 1.807) is 24.7 Å². The fourth-order valence-electron chi connectivity index (χ4n) is 2.45. The van der Waals surface area contributed by atoms with Crippen LogP contribution in [0.25, 0.3) is 11.1 Å². The Bertz CT molecular complexity index is 847. The van der Waals surface area contributed by atoms with Gasteiger partial charge < -0.3 is 10.8 Å². The Balaban J connectivity index is 0.00000225. The lowest BCUT2D eigenvalue weighted by Crippen LogP contribution is -2.02. The number of hydrogen-bond acceptors (Lipinski definition) is 5. The van der Waals surface area contributed by atoms with Gasteiger partial charge in [-0.2, -0.15) is 0 Å². The predicted octanol–water partition coefficient (Wildman–Crippen LogP) is 4.32. The molecule has 0 spiro atoms. The number of halogens is 2. The molecular weight excluding hydrogens is 377 g/mol. The van der Waals surface area contributed by atoms with Crippen LogP contribution in [0.1, 0.15) is 11.1 Å². The van der Waals surface area contributed by atoms with Crippen molar-refractivity contribution in [2.75, 3.05) is 0 Å². The molecule has 25 heavy (non-hydrogen) atoms. The normalized spacial score (nSPS) is 10.4. The lowest BCUT2D eigenvalue weighted by molar-refractivity contribution is 0.278. The van der Waals surface area contributed by atoms with Crippen LogP contribution < -0.4 is 5.73 Å². The average Bonchev–Trinajstić information content (AvgIpc) is 2.64. The van der Waals surface area contributed by atoms with Crippen LogP contribution in [0.4, 0.5) is 0 Å². The van der Waals surface area contributed by atoms with Crippen LogP contribution in [0, 0.1) is 0 Å². The second-order valence-electron chi connectivity index (χ2n) is 5.07. The Kier molecular flexibility index (Phi) is 7.23. The molecule has 4 nitrogen and oxygen atoms in total. The number of pyridine rings is 2. The Hall–Kier alpha value is -1.63. The molecule has 0 aliphatic carbocycles. The minimum atomic E-state index is -0.0736. The zero-order valence-electron chi connectivity index (χ0n) is 13.2. The van der Waals surface area contributed by atoms with Gasteiger partial charge in [0.25, 0.3) is 0 Å². The van der Waals surface area contributed by atoms with Gasteiger partial charge in [-0.05, 0) is 41.0 Å². The molecule has 0 saturated carbocycles. The summed E-state index contributed by atoms with van der Waals surface area (Å²) in [6.07, 6.45) is 5.20. The second kappa shape index (κ2) is 9.17.